The predicted octanol–water partition coefficient (Wildman–Crippen LogP) is 2.47. The molecule has 0 aromatic heterocycles. The number of piperazine rings is 1. The zero-order chi connectivity index (χ0) is 12.5. The van der Waals surface area contributed by atoms with Crippen LogP contribution >= 0.6 is 0 Å². The first kappa shape index (κ1) is 12.2. The highest BCUT2D eigenvalue weighted by molar-refractivity contribution is 5.28. The highest BCUT2D eigenvalue weighted by Gasteiger charge is 2.45. The Morgan fingerprint density at radius 3 is 2.72 bits per heavy atom. The molecule has 0 spiro atoms. The standard InChI is InChI=1S/C16H24N2/c1-12(2)16-11-17-8-9-18(16)15-10-14(15)13-6-4-3-5-7-13/h3-7,12,14-17H,8-11H2,1-2H3. The number of nitrogens with zero attached hydrogens (tertiary/aromatic N) is 1. The van der Waals surface area contributed by atoms with E-state index >= 15 is 0 Å². The van der Waals surface area contributed by atoms with Crippen molar-refractivity contribution >= 4 is 0 Å². The van der Waals surface area contributed by atoms with Crippen molar-refractivity contribution in [3.05, 3.63) is 35.9 Å². The molecule has 1 heterocycles. The third kappa shape index (κ3) is 2.32. The van der Waals surface area contributed by atoms with E-state index in [0.717, 1.165) is 37.0 Å². The molecule has 1 aromatic rings. The van der Waals surface area contributed by atoms with Crippen molar-refractivity contribution in [1.29, 1.82) is 0 Å². The fraction of sp³-hybridized carbons (Fsp3) is 0.625. The molecule has 3 rings (SSSR count). The molecule has 98 valence electrons. The Morgan fingerprint density at radius 1 is 1.22 bits per heavy atom. The van der Waals surface area contributed by atoms with E-state index in [0.29, 0.717) is 0 Å². The molecule has 1 aliphatic carbocycles. The number of benzene rings is 1. The summed E-state index contributed by atoms with van der Waals surface area (Å²) < 4.78 is 0. The maximum Gasteiger partial charge on any atom is 0.0247 e. The highest BCUT2D eigenvalue weighted by Crippen LogP contribution is 2.46. The van der Waals surface area contributed by atoms with Gasteiger partial charge in [-0.15, -0.1) is 0 Å². The molecule has 3 atom stereocenters. The van der Waals surface area contributed by atoms with Crippen LogP contribution in [-0.2, 0) is 0 Å². The monoisotopic (exact) mass is 244 g/mol. The molecular formula is C16H24N2. The summed E-state index contributed by atoms with van der Waals surface area (Å²) in [5, 5.41) is 3.54. The van der Waals surface area contributed by atoms with Gasteiger partial charge in [0, 0.05) is 37.6 Å². The number of rotatable bonds is 3. The minimum absolute atomic E-state index is 0.720. The lowest BCUT2D eigenvalue weighted by Gasteiger charge is -2.39. The lowest BCUT2D eigenvalue weighted by atomic mass is 10.00. The van der Waals surface area contributed by atoms with Crippen LogP contribution in [0.1, 0.15) is 31.7 Å². The maximum absolute atomic E-state index is 3.54. The van der Waals surface area contributed by atoms with Gasteiger partial charge in [0.05, 0.1) is 0 Å². The zero-order valence-corrected chi connectivity index (χ0v) is 11.5. The van der Waals surface area contributed by atoms with Gasteiger partial charge in [0.15, 0.2) is 0 Å². The summed E-state index contributed by atoms with van der Waals surface area (Å²) in [5.74, 6) is 1.53. The Labute approximate surface area is 110 Å². The van der Waals surface area contributed by atoms with Gasteiger partial charge >= 0.3 is 0 Å². The van der Waals surface area contributed by atoms with E-state index in [1.165, 1.54) is 18.5 Å². The van der Waals surface area contributed by atoms with Crippen LogP contribution in [0.25, 0.3) is 0 Å². The molecule has 1 N–H and O–H groups in total. The Kier molecular flexibility index (Phi) is 3.40. The van der Waals surface area contributed by atoms with Gasteiger partial charge in [-0.1, -0.05) is 44.2 Å². The molecule has 2 aliphatic rings. The number of nitrogens with one attached hydrogen (secondary N) is 1. The number of hydrogen-bond donors (Lipinski definition) is 1. The second-order valence-corrected chi connectivity index (χ2v) is 6.07. The van der Waals surface area contributed by atoms with Crippen LogP contribution in [-0.4, -0.2) is 36.6 Å². The minimum Gasteiger partial charge on any atom is -0.314 e. The van der Waals surface area contributed by atoms with Gasteiger partial charge in [-0.05, 0) is 17.9 Å². The van der Waals surface area contributed by atoms with Crippen molar-refractivity contribution in [3.8, 4) is 0 Å². The molecule has 3 unspecified atom stereocenters. The predicted molar refractivity (Wildman–Crippen MR) is 75.8 cm³/mol. The van der Waals surface area contributed by atoms with Crippen LogP contribution in [0.15, 0.2) is 30.3 Å². The van der Waals surface area contributed by atoms with Crippen molar-refractivity contribution in [1.82, 2.24) is 10.2 Å². The lowest BCUT2D eigenvalue weighted by molar-refractivity contribution is 0.114. The van der Waals surface area contributed by atoms with Crippen molar-refractivity contribution in [2.24, 2.45) is 5.92 Å². The summed E-state index contributed by atoms with van der Waals surface area (Å²) in [4.78, 5) is 2.76. The van der Waals surface area contributed by atoms with Gasteiger partial charge in [0.1, 0.15) is 0 Å². The summed E-state index contributed by atoms with van der Waals surface area (Å²) >= 11 is 0. The average molecular weight is 244 g/mol. The Morgan fingerprint density at radius 2 is 2.00 bits per heavy atom. The van der Waals surface area contributed by atoms with Crippen molar-refractivity contribution < 1.29 is 0 Å². The van der Waals surface area contributed by atoms with Crippen molar-refractivity contribution in [2.75, 3.05) is 19.6 Å². The van der Waals surface area contributed by atoms with Gasteiger partial charge < -0.3 is 5.32 Å². The summed E-state index contributed by atoms with van der Waals surface area (Å²) in [6.45, 7) is 8.24. The van der Waals surface area contributed by atoms with E-state index in [1.54, 1.807) is 0 Å². The molecule has 2 nitrogen and oxygen atoms in total. The first-order valence-corrected chi connectivity index (χ1v) is 7.29. The van der Waals surface area contributed by atoms with E-state index in [2.05, 4.69) is 54.4 Å². The van der Waals surface area contributed by atoms with E-state index in [-0.39, 0.29) is 0 Å². The lowest BCUT2D eigenvalue weighted by Crippen LogP contribution is -2.54. The van der Waals surface area contributed by atoms with Crippen LogP contribution in [0.5, 0.6) is 0 Å². The van der Waals surface area contributed by atoms with Crippen molar-refractivity contribution in [3.63, 3.8) is 0 Å². The number of hydrogen-bond acceptors (Lipinski definition) is 2. The molecule has 1 aromatic carbocycles. The van der Waals surface area contributed by atoms with E-state index < -0.39 is 0 Å². The third-order valence-electron chi connectivity index (χ3n) is 4.51. The summed E-state index contributed by atoms with van der Waals surface area (Å²) in [5.41, 5.74) is 1.53. The molecule has 1 saturated heterocycles. The fourth-order valence-corrected chi connectivity index (χ4v) is 3.38. The van der Waals surface area contributed by atoms with Crippen LogP contribution in [0.3, 0.4) is 0 Å². The molecule has 0 amide bonds. The Hall–Kier alpha value is -0.860. The van der Waals surface area contributed by atoms with Gasteiger partial charge in [-0.2, -0.15) is 0 Å². The Balaban J connectivity index is 1.69. The molecule has 0 bridgehead atoms. The van der Waals surface area contributed by atoms with Gasteiger partial charge in [-0.25, -0.2) is 0 Å². The molecule has 2 heteroatoms. The summed E-state index contributed by atoms with van der Waals surface area (Å²) in [7, 11) is 0. The maximum atomic E-state index is 3.54. The molecule has 0 radical (unpaired) electrons. The van der Waals surface area contributed by atoms with E-state index in [4.69, 9.17) is 0 Å². The topological polar surface area (TPSA) is 15.3 Å². The normalized spacial score (nSPS) is 32.7. The SMILES string of the molecule is CC(C)C1CNCCN1C1CC1c1ccccc1. The fourth-order valence-electron chi connectivity index (χ4n) is 3.38. The van der Waals surface area contributed by atoms with Crippen LogP contribution in [0.4, 0.5) is 0 Å². The first-order chi connectivity index (χ1) is 8.77. The molecular weight excluding hydrogens is 220 g/mol. The molecule has 18 heavy (non-hydrogen) atoms. The summed E-state index contributed by atoms with van der Waals surface area (Å²) in [6, 6.07) is 12.5. The molecule has 1 saturated carbocycles. The Bertz CT molecular complexity index is 387. The minimum atomic E-state index is 0.720. The summed E-state index contributed by atoms with van der Waals surface area (Å²) in [6.07, 6.45) is 1.35. The van der Waals surface area contributed by atoms with Gasteiger partial charge in [0.2, 0.25) is 0 Å². The second-order valence-electron chi connectivity index (χ2n) is 6.07. The highest BCUT2D eigenvalue weighted by atomic mass is 15.3. The van der Waals surface area contributed by atoms with E-state index in [1.807, 2.05) is 0 Å². The average Bonchev–Trinajstić information content (AvgIpc) is 3.20. The third-order valence-corrected chi connectivity index (χ3v) is 4.51. The smallest absolute Gasteiger partial charge is 0.0247 e. The van der Waals surface area contributed by atoms with E-state index in [9.17, 15) is 0 Å². The quantitative estimate of drug-likeness (QED) is 0.878. The van der Waals surface area contributed by atoms with Crippen LogP contribution in [0, 0.1) is 5.92 Å². The van der Waals surface area contributed by atoms with Crippen molar-refractivity contribution in [2.45, 2.75) is 38.3 Å². The molecule has 2 fully saturated rings. The first-order valence-electron chi connectivity index (χ1n) is 7.29. The zero-order valence-electron chi connectivity index (χ0n) is 11.5. The van der Waals surface area contributed by atoms with Gasteiger partial charge in [0.25, 0.3) is 0 Å². The van der Waals surface area contributed by atoms with Gasteiger partial charge in [-0.3, -0.25) is 4.90 Å². The second kappa shape index (κ2) is 5.02. The van der Waals surface area contributed by atoms with Crippen LogP contribution < -0.4 is 5.32 Å². The van der Waals surface area contributed by atoms with Crippen LogP contribution in [0.2, 0.25) is 0 Å². The largest absolute Gasteiger partial charge is 0.314 e. The molecule has 1 aliphatic heterocycles.